The number of hydrogen-bond donors (Lipinski definition) is 1. The molecule has 24 heavy (non-hydrogen) atoms. The summed E-state index contributed by atoms with van der Waals surface area (Å²) in [5.41, 5.74) is 0.664. The van der Waals surface area contributed by atoms with Crippen LogP contribution in [0.2, 0.25) is 0 Å². The minimum atomic E-state index is -0.526. The molecule has 128 valence electrons. The summed E-state index contributed by atoms with van der Waals surface area (Å²) in [6.07, 6.45) is 5.06. The second-order valence-electron chi connectivity index (χ2n) is 5.11. The highest BCUT2D eigenvalue weighted by Gasteiger charge is 2.13. The molecule has 0 spiro atoms. The number of carbonyl (C=O) groups is 1. The van der Waals surface area contributed by atoms with Crippen molar-refractivity contribution in [1.82, 2.24) is 14.8 Å². The minimum Gasteiger partial charge on any atom is -0.492 e. The highest BCUT2D eigenvalue weighted by atomic mass is 16.5. The molecule has 0 radical (unpaired) electrons. The Morgan fingerprint density at radius 3 is 3.08 bits per heavy atom. The lowest BCUT2D eigenvalue weighted by molar-refractivity contribution is -0.126. The number of amides is 1. The molecule has 0 aliphatic heterocycles. The third-order valence-corrected chi connectivity index (χ3v) is 3.22. The molecule has 1 aromatic carbocycles. The van der Waals surface area contributed by atoms with Crippen molar-refractivity contribution in [3.8, 4) is 5.75 Å². The van der Waals surface area contributed by atoms with Gasteiger partial charge < -0.3 is 14.8 Å². The van der Waals surface area contributed by atoms with Gasteiger partial charge in [-0.15, -0.1) is 6.58 Å². The summed E-state index contributed by atoms with van der Waals surface area (Å²) in [4.78, 5) is 15.9. The number of nitrogens with one attached hydrogen (secondary N) is 1. The predicted octanol–water partition coefficient (Wildman–Crippen LogP) is 2.28. The third kappa shape index (κ3) is 5.85. The molecule has 0 aliphatic carbocycles. The molecular formula is C17H22N4O3. The summed E-state index contributed by atoms with van der Waals surface area (Å²) in [6, 6.07) is 7.24. The maximum absolute atomic E-state index is 12.1. The van der Waals surface area contributed by atoms with Crippen LogP contribution in [0.4, 0.5) is 5.69 Å². The summed E-state index contributed by atoms with van der Waals surface area (Å²) < 4.78 is 12.8. The first-order valence-corrected chi connectivity index (χ1v) is 7.77. The van der Waals surface area contributed by atoms with Gasteiger partial charge in [0.25, 0.3) is 5.91 Å². The van der Waals surface area contributed by atoms with Crippen molar-refractivity contribution in [3.05, 3.63) is 49.6 Å². The number of hydrogen-bond acceptors (Lipinski definition) is 5. The Labute approximate surface area is 141 Å². The first kappa shape index (κ1) is 17.7. The maximum Gasteiger partial charge on any atom is 0.253 e. The largest absolute Gasteiger partial charge is 0.492 e. The first-order valence-electron chi connectivity index (χ1n) is 7.77. The molecule has 0 aliphatic rings. The Balaban J connectivity index is 1.80. The van der Waals surface area contributed by atoms with Crippen molar-refractivity contribution in [2.45, 2.75) is 26.0 Å². The lowest BCUT2D eigenvalue weighted by Gasteiger charge is -2.13. The summed E-state index contributed by atoms with van der Waals surface area (Å²) in [7, 11) is 0. The van der Waals surface area contributed by atoms with Crippen molar-refractivity contribution in [1.29, 1.82) is 0 Å². The second kappa shape index (κ2) is 9.46. The van der Waals surface area contributed by atoms with E-state index in [9.17, 15) is 4.79 Å². The van der Waals surface area contributed by atoms with Crippen molar-refractivity contribution < 1.29 is 14.3 Å². The van der Waals surface area contributed by atoms with Crippen LogP contribution in [0.3, 0.4) is 0 Å². The number of aromatic nitrogens is 3. The number of carbonyl (C=O) groups excluding carboxylic acids is 1. The van der Waals surface area contributed by atoms with E-state index in [0.717, 1.165) is 0 Å². The number of nitrogens with zero attached hydrogens (tertiary/aromatic N) is 3. The second-order valence-corrected chi connectivity index (χ2v) is 5.11. The summed E-state index contributed by atoms with van der Waals surface area (Å²) in [5.74, 6) is 0.479. The molecule has 0 saturated heterocycles. The zero-order chi connectivity index (χ0) is 17.2. The number of rotatable bonds is 10. The Bertz CT molecular complexity index is 643. The van der Waals surface area contributed by atoms with E-state index in [1.54, 1.807) is 36.1 Å². The van der Waals surface area contributed by atoms with Crippen LogP contribution in [-0.2, 0) is 16.1 Å². The Morgan fingerprint density at radius 1 is 1.46 bits per heavy atom. The monoisotopic (exact) mass is 330 g/mol. The van der Waals surface area contributed by atoms with Gasteiger partial charge in [-0.25, -0.2) is 9.67 Å². The number of ether oxygens (including phenoxy) is 2. The molecule has 1 N–H and O–H groups in total. The van der Waals surface area contributed by atoms with Crippen LogP contribution in [0.5, 0.6) is 5.75 Å². The van der Waals surface area contributed by atoms with Gasteiger partial charge in [-0.2, -0.15) is 5.10 Å². The molecule has 7 heteroatoms. The quantitative estimate of drug-likeness (QED) is 0.534. The average Bonchev–Trinajstić information content (AvgIpc) is 3.09. The third-order valence-electron chi connectivity index (χ3n) is 3.22. The number of anilines is 1. The van der Waals surface area contributed by atoms with E-state index < -0.39 is 6.10 Å². The highest BCUT2D eigenvalue weighted by molar-refractivity contribution is 5.94. The van der Waals surface area contributed by atoms with Crippen LogP contribution >= 0.6 is 0 Å². The first-order chi connectivity index (χ1) is 11.7. The van der Waals surface area contributed by atoms with Crippen LogP contribution in [0.1, 0.15) is 13.3 Å². The normalized spacial score (nSPS) is 11.7. The molecule has 0 bridgehead atoms. The maximum atomic E-state index is 12.1. The zero-order valence-corrected chi connectivity index (χ0v) is 13.7. The van der Waals surface area contributed by atoms with E-state index in [4.69, 9.17) is 9.47 Å². The van der Waals surface area contributed by atoms with Crippen molar-refractivity contribution in [3.63, 3.8) is 0 Å². The van der Waals surface area contributed by atoms with E-state index in [1.807, 2.05) is 12.1 Å². The van der Waals surface area contributed by atoms with E-state index in [2.05, 4.69) is 22.0 Å². The summed E-state index contributed by atoms with van der Waals surface area (Å²) in [6.45, 7) is 6.87. The molecule has 1 heterocycles. The van der Waals surface area contributed by atoms with E-state index >= 15 is 0 Å². The van der Waals surface area contributed by atoms with E-state index in [0.29, 0.717) is 37.6 Å². The van der Waals surface area contributed by atoms with E-state index in [-0.39, 0.29) is 5.91 Å². The van der Waals surface area contributed by atoms with Crippen LogP contribution in [0.25, 0.3) is 0 Å². The highest BCUT2D eigenvalue weighted by Crippen LogP contribution is 2.17. The fourth-order valence-corrected chi connectivity index (χ4v) is 1.92. The Morgan fingerprint density at radius 2 is 2.33 bits per heavy atom. The fraction of sp³-hybridized carbons (Fsp3) is 0.353. The van der Waals surface area contributed by atoms with Gasteiger partial charge in [0.2, 0.25) is 0 Å². The van der Waals surface area contributed by atoms with Crippen LogP contribution < -0.4 is 10.1 Å². The van der Waals surface area contributed by atoms with Gasteiger partial charge in [0.05, 0.1) is 13.2 Å². The van der Waals surface area contributed by atoms with Crippen molar-refractivity contribution in [2.24, 2.45) is 0 Å². The molecule has 1 atom stereocenters. The minimum absolute atomic E-state index is 0.196. The lowest BCUT2D eigenvalue weighted by atomic mass is 10.2. The van der Waals surface area contributed by atoms with Gasteiger partial charge in [0.15, 0.2) is 0 Å². The summed E-state index contributed by atoms with van der Waals surface area (Å²) >= 11 is 0. The molecule has 2 rings (SSSR count). The van der Waals surface area contributed by atoms with Gasteiger partial charge >= 0.3 is 0 Å². The van der Waals surface area contributed by atoms with Gasteiger partial charge in [0, 0.05) is 11.8 Å². The SMILES string of the molecule is C=CCCOC(C)C(=O)Nc1cccc(OCCn2cncn2)c1. The van der Waals surface area contributed by atoms with Crippen molar-refractivity contribution in [2.75, 3.05) is 18.5 Å². The van der Waals surface area contributed by atoms with Crippen LogP contribution in [0.15, 0.2) is 49.6 Å². The van der Waals surface area contributed by atoms with Crippen LogP contribution in [-0.4, -0.2) is 40.0 Å². The number of benzene rings is 1. The lowest BCUT2D eigenvalue weighted by Crippen LogP contribution is -2.28. The van der Waals surface area contributed by atoms with Gasteiger partial charge in [0.1, 0.15) is 31.1 Å². The molecule has 0 fully saturated rings. The molecule has 1 aromatic heterocycles. The Hall–Kier alpha value is -2.67. The van der Waals surface area contributed by atoms with Crippen molar-refractivity contribution >= 4 is 11.6 Å². The van der Waals surface area contributed by atoms with E-state index in [1.165, 1.54) is 6.33 Å². The summed E-state index contributed by atoms with van der Waals surface area (Å²) in [5, 5.41) is 6.82. The molecule has 1 unspecified atom stereocenters. The average molecular weight is 330 g/mol. The fourth-order valence-electron chi connectivity index (χ4n) is 1.92. The van der Waals surface area contributed by atoms with Gasteiger partial charge in [-0.1, -0.05) is 12.1 Å². The molecule has 7 nitrogen and oxygen atoms in total. The van der Waals surface area contributed by atoms with Crippen LogP contribution in [0, 0.1) is 0 Å². The van der Waals surface area contributed by atoms with Gasteiger partial charge in [-0.05, 0) is 25.5 Å². The smallest absolute Gasteiger partial charge is 0.253 e. The van der Waals surface area contributed by atoms with Gasteiger partial charge in [-0.3, -0.25) is 4.79 Å². The Kier molecular flexibility index (Phi) is 6.97. The zero-order valence-electron chi connectivity index (χ0n) is 13.7. The topological polar surface area (TPSA) is 78.3 Å². The molecular weight excluding hydrogens is 308 g/mol. The molecule has 0 saturated carbocycles. The molecule has 1 amide bonds. The predicted molar refractivity (Wildman–Crippen MR) is 90.8 cm³/mol. The molecule has 2 aromatic rings. The standard InChI is InChI=1S/C17H22N4O3/c1-3-4-9-23-14(2)17(22)20-15-6-5-7-16(11-15)24-10-8-21-13-18-12-19-21/h3,5-7,11-14H,1,4,8-10H2,2H3,(H,20,22).